The lowest BCUT2D eigenvalue weighted by atomic mass is 10.2. The Hall–Kier alpha value is -1.96. The molecule has 2 aromatic rings. The van der Waals surface area contributed by atoms with E-state index in [4.69, 9.17) is 4.74 Å². The SMILES string of the molecule is Cl.O=C(Nc1ccc(-n2ccnn2)cc1)C1COCCN1. The normalized spacial score (nSPS) is 17.8. The Kier molecular flexibility index (Phi) is 5.26. The van der Waals surface area contributed by atoms with Crippen LogP contribution in [0.15, 0.2) is 36.7 Å². The first-order chi connectivity index (χ1) is 9.83. The van der Waals surface area contributed by atoms with Crippen LogP contribution in [0.25, 0.3) is 5.69 Å². The van der Waals surface area contributed by atoms with Gasteiger partial charge in [-0.25, -0.2) is 4.68 Å². The molecule has 1 saturated heterocycles. The van der Waals surface area contributed by atoms with Gasteiger partial charge in [-0.05, 0) is 24.3 Å². The minimum atomic E-state index is -0.293. The summed E-state index contributed by atoms with van der Waals surface area (Å²) in [6.45, 7) is 1.75. The summed E-state index contributed by atoms with van der Waals surface area (Å²) in [5, 5.41) is 13.6. The molecule has 1 fully saturated rings. The summed E-state index contributed by atoms with van der Waals surface area (Å²) in [7, 11) is 0. The second-order valence-corrected chi connectivity index (χ2v) is 4.47. The molecule has 1 aliphatic heterocycles. The fraction of sp³-hybridized carbons (Fsp3) is 0.308. The Labute approximate surface area is 128 Å². The van der Waals surface area contributed by atoms with E-state index in [1.54, 1.807) is 17.1 Å². The topological polar surface area (TPSA) is 81.1 Å². The van der Waals surface area contributed by atoms with Crippen LogP contribution in [-0.2, 0) is 9.53 Å². The van der Waals surface area contributed by atoms with Crippen molar-refractivity contribution >= 4 is 24.0 Å². The highest BCUT2D eigenvalue weighted by molar-refractivity contribution is 5.95. The number of ether oxygens (including phenoxy) is 1. The van der Waals surface area contributed by atoms with Gasteiger partial charge in [-0.3, -0.25) is 4.79 Å². The van der Waals surface area contributed by atoms with Gasteiger partial charge >= 0.3 is 0 Å². The molecule has 2 heterocycles. The van der Waals surface area contributed by atoms with Gasteiger partial charge in [-0.2, -0.15) is 0 Å². The predicted molar refractivity (Wildman–Crippen MR) is 79.8 cm³/mol. The lowest BCUT2D eigenvalue weighted by Gasteiger charge is -2.22. The number of aromatic nitrogens is 3. The van der Waals surface area contributed by atoms with Crippen molar-refractivity contribution in [1.29, 1.82) is 0 Å². The van der Waals surface area contributed by atoms with Crippen molar-refractivity contribution in [3.05, 3.63) is 36.7 Å². The summed E-state index contributed by atoms with van der Waals surface area (Å²) >= 11 is 0. The molecule has 1 aromatic carbocycles. The smallest absolute Gasteiger partial charge is 0.243 e. The standard InChI is InChI=1S/C13H15N5O2.ClH/c19-13(12-9-20-8-6-14-12)16-10-1-3-11(4-2-10)18-7-5-15-17-18;/h1-5,7,12,14H,6,8-9H2,(H,16,19);1H. The van der Waals surface area contributed by atoms with Crippen LogP contribution in [0.4, 0.5) is 5.69 Å². The molecule has 3 rings (SSSR count). The number of benzene rings is 1. The molecule has 0 spiro atoms. The van der Waals surface area contributed by atoms with Crippen LogP contribution in [0.5, 0.6) is 0 Å². The molecule has 21 heavy (non-hydrogen) atoms. The Balaban J connectivity index is 0.00000161. The third-order valence-electron chi connectivity index (χ3n) is 3.06. The lowest BCUT2D eigenvalue weighted by Crippen LogP contribution is -2.48. The largest absolute Gasteiger partial charge is 0.378 e. The van der Waals surface area contributed by atoms with Gasteiger partial charge in [0, 0.05) is 12.2 Å². The molecule has 1 aromatic heterocycles. The van der Waals surface area contributed by atoms with Gasteiger partial charge in [0.2, 0.25) is 5.91 Å². The van der Waals surface area contributed by atoms with Crippen LogP contribution in [-0.4, -0.2) is 46.7 Å². The summed E-state index contributed by atoms with van der Waals surface area (Å²) in [5.74, 6) is -0.0850. The Bertz CT molecular complexity index is 567. The zero-order valence-electron chi connectivity index (χ0n) is 11.2. The highest BCUT2D eigenvalue weighted by Crippen LogP contribution is 2.12. The monoisotopic (exact) mass is 309 g/mol. The highest BCUT2D eigenvalue weighted by Gasteiger charge is 2.20. The highest BCUT2D eigenvalue weighted by atomic mass is 35.5. The predicted octanol–water partition coefficient (Wildman–Crippen LogP) is 0.616. The van der Waals surface area contributed by atoms with Gasteiger partial charge in [0.25, 0.3) is 0 Å². The molecule has 0 radical (unpaired) electrons. The number of hydrogen-bond acceptors (Lipinski definition) is 5. The number of carbonyl (C=O) groups is 1. The van der Waals surface area contributed by atoms with E-state index in [1.165, 1.54) is 0 Å². The number of rotatable bonds is 3. The van der Waals surface area contributed by atoms with Gasteiger partial charge in [-0.15, -0.1) is 17.5 Å². The van der Waals surface area contributed by atoms with E-state index in [9.17, 15) is 4.79 Å². The molecule has 0 bridgehead atoms. The first-order valence-electron chi connectivity index (χ1n) is 6.42. The molecule has 112 valence electrons. The van der Waals surface area contributed by atoms with E-state index in [0.29, 0.717) is 19.8 Å². The van der Waals surface area contributed by atoms with Crippen molar-refractivity contribution in [1.82, 2.24) is 20.3 Å². The molecular weight excluding hydrogens is 294 g/mol. The molecular formula is C13H16ClN5O2. The second kappa shape index (κ2) is 7.16. The maximum absolute atomic E-state index is 12.0. The van der Waals surface area contributed by atoms with Crippen molar-refractivity contribution in [2.24, 2.45) is 0 Å². The number of amides is 1. The zero-order valence-corrected chi connectivity index (χ0v) is 12.0. The van der Waals surface area contributed by atoms with E-state index < -0.39 is 0 Å². The van der Waals surface area contributed by atoms with Crippen molar-refractivity contribution in [2.75, 3.05) is 25.1 Å². The lowest BCUT2D eigenvalue weighted by molar-refractivity contribution is -0.120. The van der Waals surface area contributed by atoms with Crippen LogP contribution in [0.2, 0.25) is 0 Å². The Morgan fingerprint density at radius 2 is 2.19 bits per heavy atom. The number of morpholine rings is 1. The molecule has 1 aliphatic rings. The summed E-state index contributed by atoms with van der Waals surface area (Å²) in [5.41, 5.74) is 1.63. The molecule has 8 heteroatoms. The van der Waals surface area contributed by atoms with Crippen molar-refractivity contribution in [2.45, 2.75) is 6.04 Å². The number of nitrogens with one attached hydrogen (secondary N) is 2. The number of halogens is 1. The number of hydrogen-bond donors (Lipinski definition) is 2. The quantitative estimate of drug-likeness (QED) is 0.868. The van der Waals surface area contributed by atoms with Crippen molar-refractivity contribution in [3.8, 4) is 5.69 Å². The van der Waals surface area contributed by atoms with E-state index >= 15 is 0 Å². The molecule has 1 unspecified atom stereocenters. The van der Waals surface area contributed by atoms with E-state index in [1.807, 2.05) is 24.3 Å². The Morgan fingerprint density at radius 3 is 2.81 bits per heavy atom. The van der Waals surface area contributed by atoms with Gasteiger partial charge in [0.1, 0.15) is 6.04 Å². The molecule has 1 amide bonds. The van der Waals surface area contributed by atoms with Crippen molar-refractivity contribution in [3.63, 3.8) is 0 Å². The van der Waals surface area contributed by atoms with Gasteiger partial charge in [0.15, 0.2) is 0 Å². The number of carbonyl (C=O) groups excluding carboxylic acids is 1. The minimum Gasteiger partial charge on any atom is -0.378 e. The third kappa shape index (κ3) is 3.78. The van der Waals surface area contributed by atoms with Gasteiger partial charge in [0.05, 0.1) is 31.3 Å². The van der Waals surface area contributed by atoms with Gasteiger partial charge in [-0.1, -0.05) is 5.21 Å². The van der Waals surface area contributed by atoms with E-state index in [0.717, 1.165) is 11.4 Å². The fourth-order valence-corrected chi connectivity index (χ4v) is 2.01. The summed E-state index contributed by atoms with van der Waals surface area (Å²) in [6.07, 6.45) is 3.38. The average molecular weight is 310 g/mol. The maximum atomic E-state index is 12.0. The molecule has 2 N–H and O–H groups in total. The van der Waals surface area contributed by atoms with Crippen LogP contribution >= 0.6 is 12.4 Å². The van der Waals surface area contributed by atoms with Crippen LogP contribution in [0, 0.1) is 0 Å². The molecule has 0 aliphatic carbocycles. The molecule has 1 atom stereocenters. The summed E-state index contributed by atoms with van der Waals surface area (Å²) in [6, 6.07) is 7.11. The molecule has 7 nitrogen and oxygen atoms in total. The summed E-state index contributed by atoms with van der Waals surface area (Å²) in [4.78, 5) is 12.0. The van der Waals surface area contributed by atoms with Crippen LogP contribution in [0.1, 0.15) is 0 Å². The van der Waals surface area contributed by atoms with E-state index in [-0.39, 0.29) is 24.4 Å². The average Bonchev–Trinajstić information content (AvgIpc) is 3.03. The number of nitrogens with zero attached hydrogens (tertiary/aromatic N) is 3. The van der Waals surface area contributed by atoms with Crippen LogP contribution < -0.4 is 10.6 Å². The maximum Gasteiger partial charge on any atom is 0.243 e. The van der Waals surface area contributed by atoms with Crippen molar-refractivity contribution < 1.29 is 9.53 Å². The second-order valence-electron chi connectivity index (χ2n) is 4.47. The third-order valence-corrected chi connectivity index (χ3v) is 3.06. The molecule has 0 saturated carbocycles. The minimum absolute atomic E-state index is 0. The Morgan fingerprint density at radius 1 is 1.38 bits per heavy atom. The fourth-order valence-electron chi connectivity index (χ4n) is 2.01. The first-order valence-corrected chi connectivity index (χ1v) is 6.42. The first kappa shape index (κ1) is 15.4. The van der Waals surface area contributed by atoms with Gasteiger partial charge < -0.3 is 15.4 Å². The number of anilines is 1. The van der Waals surface area contributed by atoms with E-state index in [2.05, 4.69) is 20.9 Å². The summed E-state index contributed by atoms with van der Waals surface area (Å²) < 4.78 is 6.92. The van der Waals surface area contributed by atoms with Crippen LogP contribution in [0.3, 0.4) is 0 Å². The zero-order chi connectivity index (χ0) is 13.8.